The van der Waals surface area contributed by atoms with E-state index in [1.807, 2.05) is 13.8 Å². The van der Waals surface area contributed by atoms with Gasteiger partial charge >= 0.3 is 12.2 Å². The molecule has 6 nitrogen and oxygen atoms in total. The molecule has 100 valence electrons. The minimum Gasteiger partial charge on any atom is -0.465 e. The number of hydrogen-bond donors (Lipinski definition) is 2. The topological polar surface area (TPSA) is 81.1 Å². The van der Waals surface area contributed by atoms with E-state index in [2.05, 4.69) is 0 Å². The molecule has 0 spiro atoms. The van der Waals surface area contributed by atoms with Crippen molar-refractivity contribution in [1.82, 2.24) is 9.80 Å². The Bertz CT molecular complexity index is 187. The zero-order valence-corrected chi connectivity index (χ0v) is 11.5. The van der Waals surface area contributed by atoms with Crippen LogP contribution in [0.2, 0.25) is 0 Å². The first kappa shape index (κ1) is 24.4. The van der Waals surface area contributed by atoms with E-state index < -0.39 is 12.2 Å². The van der Waals surface area contributed by atoms with E-state index in [1.165, 1.54) is 19.0 Å². The molecule has 0 rings (SSSR count). The number of amides is 2. The van der Waals surface area contributed by atoms with Crippen molar-refractivity contribution in [2.45, 2.75) is 13.8 Å². The molecule has 16 heavy (non-hydrogen) atoms. The van der Waals surface area contributed by atoms with Crippen LogP contribution in [0.25, 0.3) is 0 Å². The fourth-order valence-electron chi connectivity index (χ4n) is 0.494. The SMILES string of the molecule is CCN(CC)C(=O)O.CN(C)C(=O)O.Cl.Cl. The first-order chi connectivity index (χ1) is 6.36. The van der Waals surface area contributed by atoms with Gasteiger partial charge in [0.1, 0.15) is 0 Å². The predicted octanol–water partition coefficient (Wildman–Crippen LogP) is 2.08. The summed E-state index contributed by atoms with van der Waals surface area (Å²) < 4.78 is 0. The summed E-state index contributed by atoms with van der Waals surface area (Å²) in [5.74, 6) is 0. The summed E-state index contributed by atoms with van der Waals surface area (Å²) in [6, 6.07) is 0. The summed E-state index contributed by atoms with van der Waals surface area (Å²) in [7, 11) is 2.95. The fourth-order valence-corrected chi connectivity index (χ4v) is 0.494. The zero-order valence-electron chi connectivity index (χ0n) is 9.84. The zero-order chi connectivity index (χ0) is 11.7. The van der Waals surface area contributed by atoms with Crippen LogP contribution in [0.3, 0.4) is 0 Å². The Morgan fingerprint density at radius 3 is 1.19 bits per heavy atom. The van der Waals surface area contributed by atoms with E-state index in [1.54, 1.807) is 0 Å². The highest BCUT2D eigenvalue weighted by atomic mass is 35.5. The summed E-state index contributed by atoms with van der Waals surface area (Å²) in [5.41, 5.74) is 0. The van der Waals surface area contributed by atoms with E-state index >= 15 is 0 Å². The molecule has 0 bridgehead atoms. The quantitative estimate of drug-likeness (QED) is 0.810. The molecule has 0 aromatic rings. The van der Waals surface area contributed by atoms with Crippen LogP contribution in [0, 0.1) is 0 Å². The fraction of sp³-hybridized carbons (Fsp3) is 0.750. The molecule has 0 atom stereocenters. The maximum absolute atomic E-state index is 10.1. The lowest BCUT2D eigenvalue weighted by atomic mass is 10.6. The van der Waals surface area contributed by atoms with Gasteiger partial charge < -0.3 is 20.0 Å². The van der Waals surface area contributed by atoms with Gasteiger partial charge in [0.2, 0.25) is 0 Å². The first-order valence-electron chi connectivity index (χ1n) is 4.24. The summed E-state index contributed by atoms with van der Waals surface area (Å²) in [6.07, 6.45) is -1.75. The number of carbonyl (C=O) groups is 2. The van der Waals surface area contributed by atoms with Gasteiger partial charge in [-0.1, -0.05) is 0 Å². The summed E-state index contributed by atoms with van der Waals surface area (Å²) in [6.45, 7) is 4.78. The molecule has 2 N–H and O–H groups in total. The molecule has 0 aliphatic rings. The molecule has 0 aromatic heterocycles. The standard InChI is InChI=1S/C5H11NO2.C3H7NO2.2ClH/c1-3-6(4-2)5(7)8;1-4(2)3(5)6;;/h3-4H2,1-2H3,(H,7,8);1-2H3,(H,5,6);2*1H. The van der Waals surface area contributed by atoms with Crippen molar-refractivity contribution in [2.75, 3.05) is 27.2 Å². The number of halogens is 2. The lowest BCUT2D eigenvalue weighted by molar-refractivity contribution is 0.150. The van der Waals surface area contributed by atoms with Crippen LogP contribution in [0.4, 0.5) is 9.59 Å². The van der Waals surface area contributed by atoms with Crippen LogP contribution < -0.4 is 0 Å². The van der Waals surface area contributed by atoms with Crippen molar-refractivity contribution < 1.29 is 19.8 Å². The molecule has 0 aromatic carbocycles. The average Bonchev–Trinajstić information content (AvgIpc) is 2.06. The van der Waals surface area contributed by atoms with Gasteiger partial charge in [0.25, 0.3) is 0 Å². The van der Waals surface area contributed by atoms with Crippen molar-refractivity contribution in [3.05, 3.63) is 0 Å². The minimum atomic E-state index is -0.907. The molecule has 0 saturated heterocycles. The predicted molar refractivity (Wildman–Crippen MR) is 67.2 cm³/mol. The first-order valence-corrected chi connectivity index (χ1v) is 4.24. The highest BCUT2D eigenvalue weighted by Crippen LogP contribution is 1.84. The maximum Gasteiger partial charge on any atom is 0.407 e. The van der Waals surface area contributed by atoms with Gasteiger partial charge in [-0.15, -0.1) is 24.8 Å². The van der Waals surface area contributed by atoms with Gasteiger partial charge in [-0.25, -0.2) is 9.59 Å². The molecule has 0 radical (unpaired) electrons. The van der Waals surface area contributed by atoms with E-state index in [4.69, 9.17) is 10.2 Å². The molecule has 8 heteroatoms. The van der Waals surface area contributed by atoms with E-state index in [0.29, 0.717) is 13.1 Å². The van der Waals surface area contributed by atoms with Crippen molar-refractivity contribution in [2.24, 2.45) is 0 Å². The summed E-state index contributed by atoms with van der Waals surface area (Å²) in [5, 5.41) is 16.2. The van der Waals surface area contributed by atoms with Crippen LogP contribution in [0.1, 0.15) is 13.8 Å². The van der Waals surface area contributed by atoms with Gasteiger partial charge in [-0.05, 0) is 13.8 Å². The Labute approximate surface area is 108 Å². The van der Waals surface area contributed by atoms with Gasteiger partial charge in [0.05, 0.1) is 0 Å². The number of nitrogens with zero attached hydrogens (tertiary/aromatic N) is 2. The molecule has 0 fully saturated rings. The molecular weight excluding hydrogens is 259 g/mol. The number of rotatable bonds is 2. The normalized spacial score (nSPS) is 7.25. The molecule has 0 unspecified atom stereocenters. The van der Waals surface area contributed by atoms with Crippen molar-refractivity contribution in [3.63, 3.8) is 0 Å². The minimum absolute atomic E-state index is 0. The van der Waals surface area contributed by atoms with E-state index in [9.17, 15) is 9.59 Å². The van der Waals surface area contributed by atoms with Gasteiger partial charge in [0, 0.05) is 27.2 Å². The number of hydrogen-bond acceptors (Lipinski definition) is 2. The molecule has 2 amide bonds. The lowest BCUT2D eigenvalue weighted by Gasteiger charge is -2.12. The van der Waals surface area contributed by atoms with Crippen LogP contribution in [0.5, 0.6) is 0 Å². The van der Waals surface area contributed by atoms with Crippen LogP contribution in [0.15, 0.2) is 0 Å². The van der Waals surface area contributed by atoms with Crippen molar-refractivity contribution >= 4 is 37.0 Å². The Balaban J connectivity index is -0.0000000825. The number of carboxylic acid groups (broad SMARTS) is 2. The third-order valence-electron chi connectivity index (χ3n) is 1.42. The maximum atomic E-state index is 10.1. The van der Waals surface area contributed by atoms with Crippen molar-refractivity contribution in [3.8, 4) is 0 Å². The second-order valence-electron chi connectivity index (χ2n) is 2.63. The smallest absolute Gasteiger partial charge is 0.407 e. The van der Waals surface area contributed by atoms with Gasteiger partial charge in [-0.2, -0.15) is 0 Å². The largest absolute Gasteiger partial charge is 0.465 e. The Morgan fingerprint density at radius 2 is 1.19 bits per heavy atom. The third kappa shape index (κ3) is 15.6. The monoisotopic (exact) mass is 278 g/mol. The second-order valence-corrected chi connectivity index (χ2v) is 2.63. The highest BCUT2D eigenvalue weighted by molar-refractivity contribution is 5.85. The van der Waals surface area contributed by atoms with Gasteiger partial charge in [0.15, 0.2) is 0 Å². The Morgan fingerprint density at radius 1 is 0.938 bits per heavy atom. The summed E-state index contributed by atoms with van der Waals surface area (Å²) >= 11 is 0. The van der Waals surface area contributed by atoms with Crippen LogP contribution >= 0.6 is 24.8 Å². The van der Waals surface area contributed by atoms with Gasteiger partial charge in [-0.3, -0.25) is 0 Å². The third-order valence-corrected chi connectivity index (χ3v) is 1.42. The Hall–Kier alpha value is -0.880. The Kier molecular flexibility index (Phi) is 21.5. The molecular formula is C8H20Cl2N2O4. The molecule has 0 aliphatic carbocycles. The lowest BCUT2D eigenvalue weighted by Crippen LogP contribution is -2.28. The van der Waals surface area contributed by atoms with E-state index in [0.717, 1.165) is 4.90 Å². The molecule has 0 saturated carbocycles. The average molecular weight is 279 g/mol. The van der Waals surface area contributed by atoms with Crippen molar-refractivity contribution in [1.29, 1.82) is 0 Å². The second kappa shape index (κ2) is 14.1. The molecule has 0 aliphatic heterocycles. The molecule has 0 heterocycles. The van der Waals surface area contributed by atoms with Crippen LogP contribution in [-0.4, -0.2) is 59.4 Å². The highest BCUT2D eigenvalue weighted by Gasteiger charge is 2.02. The van der Waals surface area contributed by atoms with Crippen LogP contribution in [-0.2, 0) is 0 Å². The van der Waals surface area contributed by atoms with E-state index in [-0.39, 0.29) is 24.8 Å². The summed E-state index contributed by atoms with van der Waals surface area (Å²) in [4.78, 5) is 22.1.